The van der Waals surface area contributed by atoms with Gasteiger partial charge < -0.3 is 9.64 Å². The molecule has 18 heavy (non-hydrogen) atoms. The highest BCUT2D eigenvalue weighted by Gasteiger charge is 2.21. The first-order valence-corrected chi connectivity index (χ1v) is 6.68. The molecule has 0 aromatic carbocycles. The molecular formula is C13H20ClN3O. The Morgan fingerprint density at radius 3 is 2.50 bits per heavy atom. The monoisotopic (exact) mass is 269 g/mol. The van der Waals surface area contributed by atoms with Gasteiger partial charge in [-0.05, 0) is 19.9 Å². The normalized spacial score (nSPS) is 17.3. The summed E-state index contributed by atoms with van der Waals surface area (Å²) in [7, 11) is 1.64. The summed E-state index contributed by atoms with van der Waals surface area (Å²) in [6.07, 6.45) is 1.62. The number of nitrogens with zero attached hydrogens (tertiary/aromatic N) is 3. The summed E-state index contributed by atoms with van der Waals surface area (Å²) in [6.45, 7) is 8.56. The van der Waals surface area contributed by atoms with E-state index in [1.165, 1.54) is 0 Å². The lowest BCUT2D eigenvalue weighted by Crippen LogP contribution is -2.49. The van der Waals surface area contributed by atoms with Crippen LogP contribution in [0.4, 0.5) is 5.69 Å². The van der Waals surface area contributed by atoms with E-state index in [2.05, 4.69) is 28.6 Å². The van der Waals surface area contributed by atoms with Gasteiger partial charge in [-0.15, -0.1) is 0 Å². The molecule has 0 unspecified atom stereocenters. The molecule has 0 radical (unpaired) electrons. The van der Waals surface area contributed by atoms with Gasteiger partial charge in [-0.3, -0.25) is 4.90 Å². The van der Waals surface area contributed by atoms with E-state index in [1.54, 1.807) is 13.3 Å². The van der Waals surface area contributed by atoms with Crippen molar-refractivity contribution in [2.75, 3.05) is 38.2 Å². The van der Waals surface area contributed by atoms with Crippen LogP contribution in [0.3, 0.4) is 0 Å². The van der Waals surface area contributed by atoms with Gasteiger partial charge >= 0.3 is 0 Å². The number of anilines is 1. The predicted octanol–water partition coefficient (Wildman–Crippen LogP) is 2.27. The second-order valence-electron chi connectivity index (χ2n) is 4.80. The lowest BCUT2D eigenvalue weighted by Gasteiger charge is -2.38. The van der Waals surface area contributed by atoms with Gasteiger partial charge in [-0.2, -0.15) is 0 Å². The zero-order valence-electron chi connectivity index (χ0n) is 11.2. The van der Waals surface area contributed by atoms with Gasteiger partial charge in [0.2, 0.25) is 5.88 Å². The Balaban J connectivity index is 2.11. The average Bonchev–Trinajstić information content (AvgIpc) is 2.39. The summed E-state index contributed by atoms with van der Waals surface area (Å²) in [4.78, 5) is 8.98. The van der Waals surface area contributed by atoms with Crippen LogP contribution in [0.15, 0.2) is 12.3 Å². The third-order valence-corrected chi connectivity index (χ3v) is 3.58. The van der Waals surface area contributed by atoms with E-state index in [1.807, 2.05) is 6.07 Å². The molecule has 0 saturated carbocycles. The maximum Gasteiger partial charge on any atom is 0.237 e. The molecule has 4 nitrogen and oxygen atoms in total. The number of hydrogen-bond acceptors (Lipinski definition) is 4. The fourth-order valence-electron chi connectivity index (χ4n) is 2.28. The summed E-state index contributed by atoms with van der Waals surface area (Å²) < 4.78 is 5.30. The van der Waals surface area contributed by atoms with Crippen LogP contribution >= 0.6 is 11.6 Å². The van der Waals surface area contributed by atoms with E-state index in [4.69, 9.17) is 16.3 Å². The van der Waals surface area contributed by atoms with Gasteiger partial charge in [0, 0.05) is 38.4 Å². The van der Waals surface area contributed by atoms with Crippen LogP contribution in [-0.4, -0.2) is 49.2 Å². The van der Waals surface area contributed by atoms with Crippen molar-refractivity contribution >= 4 is 17.3 Å². The number of piperazine rings is 1. The summed E-state index contributed by atoms with van der Waals surface area (Å²) in [5.74, 6) is 0.650. The van der Waals surface area contributed by atoms with E-state index in [9.17, 15) is 0 Å². The fourth-order valence-corrected chi connectivity index (χ4v) is 2.43. The second kappa shape index (κ2) is 5.76. The standard InChI is InChI=1S/C13H20ClN3O/c1-10(2)16-4-6-17(7-5-16)12-8-11(14)9-15-13(12)18-3/h8-10H,4-7H2,1-3H3. The second-order valence-corrected chi connectivity index (χ2v) is 5.24. The van der Waals surface area contributed by atoms with E-state index >= 15 is 0 Å². The molecule has 100 valence electrons. The summed E-state index contributed by atoms with van der Waals surface area (Å²) in [6, 6.07) is 2.53. The van der Waals surface area contributed by atoms with Crippen LogP contribution < -0.4 is 9.64 Å². The highest BCUT2D eigenvalue weighted by molar-refractivity contribution is 6.30. The molecule has 0 amide bonds. The Morgan fingerprint density at radius 1 is 1.28 bits per heavy atom. The molecule has 1 aliphatic heterocycles. The van der Waals surface area contributed by atoms with E-state index < -0.39 is 0 Å². The zero-order chi connectivity index (χ0) is 13.1. The number of rotatable bonds is 3. The highest BCUT2D eigenvalue weighted by atomic mass is 35.5. The number of methoxy groups -OCH3 is 1. The Morgan fingerprint density at radius 2 is 1.94 bits per heavy atom. The molecule has 5 heteroatoms. The molecule has 1 aliphatic rings. The molecule has 2 heterocycles. The van der Waals surface area contributed by atoms with Crippen molar-refractivity contribution in [1.82, 2.24) is 9.88 Å². The molecule has 1 aromatic rings. The first-order chi connectivity index (χ1) is 8.61. The quantitative estimate of drug-likeness (QED) is 0.842. The Hall–Kier alpha value is -1.00. The minimum atomic E-state index is 0.603. The number of halogens is 1. The smallest absolute Gasteiger partial charge is 0.237 e. The van der Waals surface area contributed by atoms with Gasteiger partial charge in [0.1, 0.15) is 5.69 Å². The Labute approximate surface area is 114 Å². The van der Waals surface area contributed by atoms with Crippen molar-refractivity contribution in [3.8, 4) is 5.88 Å². The van der Waals surface area contributed by atoms with Crippen molar-refractivity contribution in [1.29, 1.82) is 0 Å². The van der Waals surface area contributed by atoms with Crippen LogP contribution in [0.1, 0.15) is 13.8 Å². The van der Waals surface area contributed by atoms with Gasteiger partial charge in [0.15, 0.2) is 0 Å². The van der Waals surface area contributed by atoms with Crippen LogP contribution in [-0.2, 0) is 0 Å². The average molecular weight is 270 g/mol. The molecule has 0 bridgehead atoms. The molecule has 0 N–H and O–H groups in total. The number of pyridine rings is 1. The van der Waals surface area contributed by atoms with Gasteiger partial charge in [0.25, 0.3) is 0 Å². The van der Waals surface area contributed by atoms with Crippen molar-refractivity contribution < 1.29 is 4.74 Å². The number of aromatic nitrogens is 1. The highest BCUT2D eigenvalue weighted by Crippen LogP contribution is 2.29. The van der Waals surface area contributed by atoms with E-state index in [0.29, 0.717) is 16.9 Å². The van der Waals surface area contributed by atoms with Gasteiger partial charge in [-0.1, -0.05) is 11.6 Å². The largest absolute Gasteiger partial charge is 0.480 e. The molecule has 1 fully saturated rings. The first-order valence-electron chi connectivity index (χ1n) is 6.30. The summed E-state index contributed by atoms with van der Waals surface area (Å²) >= 11 is 6.02. The maximum atomic E-state index is 6.02. The Kier molecular flexibility index (Phi) is 4.30. The lowest BCUT2D eigenvalue weighted by atomic mass is 10.2. The number of ether oxygens (including phenoxy) is 1. The van der Waals surface area contributed by atoms with Crippen LogP contribution in [0, 0.1) is 0 Å². The van der Waals surface area contributed by atoms with E-state index in [-0.39, 0.29) is 0 Å². The van der Waals surface area contributed by atoms with Crippen LogP contribution in [0.5, 0.6) is 5.88 Å². The molecule has 1 aromatic heterocycles. The minimum Gasteiger partial charge on any atom is -0.480 e. The SMILES string of the molecule is COc1ncc(Cl)cc1N1CCN(C(C)C)CC1. The van der Waals surface area contributed by atoms with Crippen molar-refractivity contribution in [2.45, 2.75) is 19.9 Å². The molecule has 2 rings (SSSR count). The molecule has 1 saturated heterocycles. The number of hydrogen-bond donors (Lipinski definition) is 0. The minimum absolute atomic E-state index is 0.603. The van der Waals surface area contributed by atoms with Gasteiger partial charge in [-0.25, -0.2) is 4.98 Å². The fraction of sp³-hybridized carbons (Fsp3) is 0.615. The lowest BCUT2D eigenvalue weighted by molar-refractivity contribution is 0.209. The third-order valence-electron chi connectivity index (χ3n) is 3.38. The van der Waals surface area contributed by atoms with Crippen LogP contribution in [0.25, 0.3) is 0 Å². The van der Waals surface area contributed by atoms with Gasteiger partial charge in [0.05, 0.1) is 12.1 Å². The van der Waals surface area contributed by atoms with Crippen molar-refractivity contribution in [3.05, 3.63) is 17.3 Å². The molecule has 0 atom stereocenters. The predicted molar refractivity (Wildman–Crippen MR) is 74.7 cm³/mol. The van der Waals surface area contributed by atoms with Crippen LogP contribution in [0.2, 0.25) is 5.02 Å². The summed E-state index contributed by atoms with van der Waals surface area (Å²) in [5, 5.41) is 0.650. The van der Waals surface area contributed by atoms with E-state index in [0.717, 1.165) is 31.9 Å². The summed E-state index contributed by atoms with van der Waals surface area (Å²) in [5.41, 5.74) is 0.994. The molecule has 0 aliphatic carbocycles. The zero-order valence-corrected chi connectivity index (χ0v) is 11.9. The van der Waals surface area contributed by atoms with Crippen molar-refractivity contribution in [2.24, 2.45) is 0 Å². The van der Waals surface area contributed by atoms with Crippen molar-refractivity contribution in [3.63, 3.8) is 0 Å². The maximum absolute atomic E-state index is 6.02. The molecular weight excluding hydrogens is 250 g/mol. The molecule has 0 spiro atoms. The Bertz CT molecular complexity index is 403. The first kappa shape index (κ1) is 13.4. The third kappa shape index (κ3) is 2.87. The topological polar surface area (TPSA) is 28.6 Å².